The van der Waals surface area contributed by atoms with E-state index < -0.39 is 52.9 Å². The molecule has 2 aromatic rings. The van der Waals surface area contributed by atoms with E-state index in [-0.39, 0.29) is 13.0 Å². The highest BCUT2D eigenvalue weighted by Crippen LogP contribution is 2.54. The van der Waals surface area contributed by atoms with Gasteiger partial charge in [-0.05, 0) is 23.8 Å². The van der Waals surface area contributed by atoms with Crippen LogP contribution in [0.15, 0.2) is 42.5 Å². The fraction of sp³-hybridized carbons (Fsp3) is 0.273. The average Bonchev–Trinajstić information content (AvgIpc) is 3.31. The summed E-state index contributed by atoms with van der Waals surface area (Å²) >= 11 is 6.26. The van der Waals surface area contributed by atoms with Gasteiger partial charge in [-0.15, -0.1) is 0 Å². The number of imide groups is 1. The van der Waals surface area contributed by atoms with E-state index >= 15 is 0 Å². The predicted molar refractivity (Wildman–Crippen MR) is 111 cm³/mol. The molecule has 4 N–H and O–H groups in total. The first-order chi connectivity index (χ1) is 15.2. The van der Waals surface area contributed by atoms with Crippen molar-refractivity contribution in [2.24, 2.45) is 17.6 Å². The Morgan fingerprint density at radius 1 is 1.12 bits per heavy atom. The molecule has 8 nitrogen and oxygen atoms in total. The Morgan fingerprint density at radius 3 is 2.53 bits per heavy atom. The minimum atomic E-state index is -1.56. The molecule has 0 bridgehead atoms. The van der Waals surface area contributed by atoms with E-state index in [0.717, 1.165) is 4.90 Å². The SMILES string of the molecule is NC(=O)C[C@H]1N[C@]2(C(=O)Nc3c(Cl)cccc32)[C@@H]2C(=O)N(Cc3ccc(F)cc3)C(=O)[C@@H]21. The molecular weight excluding hydrogens is 439 g/mol. The first-order valence-electron chi connectivity index (χ1n) is 10.00. The standard InChI is InChI=1S/C22H18ClFN4O4/c23-13-3-1-2-12-18(13)26-21(32)22(12)17-16(14(27-22)8-15(25)29)19(30)28(20(17)31)9-10-4-6-11(24)7-5-10/h1-7,14,16-17,27H,8-9H2,(H2,25,29)(H,26,32)/t14-,16-,17+,22+/m1/s1. The number of carbonyl (C=O) groups is 4. The van der Waals surface area contributed by atoms with Crippen LogP contribution in [-0.2, 0) is 31.3 Å². The number of nitrogens with one attached hydrogen (secondary N) is 2. The number of benzene rings is 2. The monoisotopic (exact) mass is 456 g/mol. The molecule has 3 aliphatic rings. The molecule has 4 amide bonds. The Morgan fingerprint density at radius 2 is 1.84 bits per heavy atom. The number of fused-ring (bicyclic) bond motifs is 4. The lowest BCUT2D eigenvalue weighted by Crippen LogP contribution is -2.53. The molecule has 2 aromatic carbocycles. The van der Waals surface area contributed by atoms with Gasteiger partial charge in [0.25, 0.3) is 0 Å². The van der Waals surface area contributed by atoms with Crippen molar-refractivity contribution in [1.82, 2.24) is 10.2 Å². The third kappa shape index (κ3) is 2.78. The zero-order valence-electron chi connectivity index (χ0n) is 16.6. The minimum Gasteiger partial charge on any atom is -0.370 e. The lowest BCUT2D eigenvalue weighted by molar-refractivity contribution is -0.143. The average molecular weight is 457 g/mol. The number of hydrogen-bond donors (Lipinski definition) is 3. The van der Waals surface area contributed by atoms with Crippen molar-refractivity contribution in [3.05, 3.63) is 64.4 Å². The van der Waals surface area contributed by atoms with Gasteiger partial charge in [-0.25, -0.2) is 4.39 Å². The summed E-state index contributed by atoms with van der Waals surface area (Å²) in [7, 11) is 0. The maximum Gasteiger partial charge on any atom is 0.250 e. The van der Waals surface area contributed by atoms with Gasteiger partial charge in [0, 0.05) is 18.0 Å². The summed E-state index contributed by atoms with van der Waals surface area (Å²) in [6.07, 6.45) is -0.227. The molecule has 1 spiro atoms. The highest BCUT2D eigenvalue weighted by atomic mass is 35.5. The first kappa shape index (κ1) is 20.6. The van der Waals surface area contributed by atoms with E-state index in [1.165, 1.54) is 24.3 Å². The van der Waals surface area contributed by atoms with Gasteiger partial charge >= 0.3 is 0 Å². The van der Waals surface area contributed by atoms with E-state index in [2.05, 4.69) is 10.6 Å². The number of nitrogens with zero attached hydrogens (tertiary/aromatic N) is 1. The van der Waals surface area contributed by atoms with E-state index in [1.54, 1.807) is 18.2 Å². The number of carbonyl (C=O) groups excluding carboxylic acids is 4. The van der Waals surface area contributed by atoms with Crippen LogP contribution in [0.3, 0.4) is 0 Å². The normalized spacial score (nSPS) is 28.2. The van der Waals surface area contributed by atoms with Gasteiger partial charge in [-0.2, -0.15) is 0 Å². The van der Waals surface area contributed by atoms with Crippen LogP contribution in [0.1, 0.15) is 17.5 Å². The Balaban J connectivity index is 1.60. The predicted octanol–water partition coefficient (Wildman–Crippen LogP) is 1.28. The zero-order valence-corrected chi connectivity index (χ0v) is 17.4. The molecule has 4 atom stereocenters. The molecule has 0 radical (unpaired) electrons. The Bertz CT molecular complexity index is 1190. The molecule has 3 aliphatic heterocycles. The van der Waals surface area contributed by atoms with Gasteiger partial charge in [0.05, 0.1) is 29.1 Å². The number of halogens is 2. The van der Waals surface area contributed by atoms with Crippen molar-refractivity contribution >= 4 is 40.9 Å². The summed E-state index contributed by atoms with van der Waals surface area (Å²) in [5, 5.41) is 6.11. The summed E-state index contributed by atoms with van der Waals surface area (Å²) in [5.41, 5.74) is 5.21. The van der Waals surface area contributed by atoms with E-state index in [4.69, 9.17) is 17.3 Å². The molecule has 2 saturated heterocycles. The van der Waals surface area contributed by atoms with Crippen LogP contribution in [0.4, 0.5) is 10.1 Å². The molecule has 0 aliphatic carbocycles. The minimum absolute atomic E-state index is 0.0751. The molecule has 0 aromatic heterocycles. The van der Waals surface area contributed by atoms with Gasteiger partial charge in [0.2, 0.25) is 23.6 Å². The fourth-order valence-corrected chi connectivity index (χ4v) is 5.39. The number of hydrogen-bond acceptors (Lipinski definition) is 5. The molecule has 10 heteroatoms. The Labute approximate surface area is 186 Å². The highest BCUT2D eigenvalue weighted by Gasteiger charge is 2.70. The Hall–Kier alpha value is -3.30. The summed E-state index contributed by atoms with van der Waals surface area (Å²) in [6, 6.07) is 9.55. The fourth-order valence-electron chi connectivity index (χ4n) is 5.17. The van der Waals surface area contributed by atoms with Crippen molar-refractivity contribution in [3.63, 3.8) is 0 Å². The quantitative estimate of drug-likeness (QED) is 0.598. The third-order valence-corrected chi connectivity index (χ3v) is 6.78. The maximum absolute atomic E-state index is 13.6. The van der Waals surface area contributed by atoms with E-state index in [1.807, 2.05) is 0 Å². The second-order valence-corrected chi connectivity index (χ2v) is 8.65. The lowest BCUT2D eigenvalue weighted by Gasteiger charge is -2.29. The number of para-hydroxylation sites is 1. The molecule has 3 heterocycles. The van der Waals surface area contributed by atoms with Crippen LogP contribution in [-0.4, -0.2) is 34.6 Å². The zero-order chi connectivity index (χ0) is 22.8. The van der Waals surface area contributed by atoms with E-state index in [0.29, 0.717) is 21.8 Å². The molecule has 2 fully saturated rings. The number of primary amides is 1. The van der Waals surface area contributed by atoms with Gasteiger partial charge in [-0.3, -0.25) is 29.4 Å². The van der Waals surface area contributed by atoms with Crippen LogP contribution in [0, 0.1) is 17.7 Å². The van der Waals surface area contributed by atoms with Crippen LogP contribution in [0.2, 0.25) is 5.02 Å². The van der Waals surface area contributed by atoms with Crippen molar-refractivity contribution in [3.8, 4) is 0 Å². The number of amides is 4. The molecule has 164 valence electrons. The van der Waals surface area contributed by atoms with Crippen molar-refractivity contribution in [1.29, 1.82) is 0 Å². The lowest BCUT2D eigenvalue weighted by atomic mass is 9.76. The maximum atomic E-state index is 13.6. The summed E-state index contributed by atoms with van der Waals surface area (Å²) in [5.74, 6) is -4.74. The largest absolute Gasteiger partial charge is 0.370 e. The van der Waals surface area contributed by atoms with Gasteiger partial charge in [0.15, 0.2) is 0 Å². The molecular formula is C22H18ClFN4O4. The van der Waals surface area contributed by atoms with Crippen LogP contribution in [0.25, 0.3) is 0 Å². The number of rotatable bonds is 4. The van der Waals surface area contributed by atoms with Crippen molar-refractivity contribution in [2.45, 2.75) is 24.5 Å². The number of nitrogens with two attached hydrogens (primary N) is 1. The molecule has 0 saturated carbocycles. The molecule has 32 heavy (non-hydrogen) atoms. The van der Waals surface area contributed by atoms with Crippen molar-refractivity contribution in [2.75, 3.05) is 5.32 Å². The van der Waals surface area contributed by atoms with Crippen LogP contribution < -0.4 is 16.4 Å². The van der Waals surface area contributed by atoms with Crippen LogP contribution >= 0.6 is 11.6 Å². The van der Waals surface area contributed by atoms with E-state index in [9.17, 15) is 23.6 Å². The molecule has 5 rings (SSSR count). The smallest absolute Gasteiger partial charge is 0.250 e. The highest BCUT2D eigenvalue weighted by molar-refractivity contribution is 6.35. The second kappa shape index (κ2) is 7.11. The van der Waals surface area contributed by atoms with Crippen LogP contribution in [0.5, 0.6) is 0 Å². The Kier molecular flexibility index (Phi) is 4.58. The third-order valence-electron chi connectivity index (χ3n) is 6.47. The van der Waals surface area contributed by atoms with Gasteiger partial charge in [0.1, 0.15) is 11.4 Å². The van der Waals surface area contributed by atoms with Gasteiger partial charge in [-0.1, -0.05) is 35.9 Å². The van der Waals surface area contributed by atoms with Gasteiger partial charge < -0.3 is 11.1 Å². The summed E-state index contributed by atoms with van der Waals surface area (Å²) in [6.45, 7) is -0.0751. The summed E-state index contributed by atoms with van der Waals surface area (Å²) < 4.78 is 13.3. The first-order valence-corrected chi connectivity index (χ1v) is 10.4. The summed E-state index contributed by atoms with van der Waals surface area (Å²) in [4.78, 5) is 53.0. The number of likely N-dealkylation sites (tertiary alicyclic amines) is 1. The topological polar surface area (TPSA) is 122 Å². The number of anilines is 1. The molecule has 0 unspecified atom stereocenters. The van der Waals surface area contributed by atoms with Crippen molar-refractivity contribution < 1.29 is 23.6 Å². The second-order valence-electron chi connectivity index (χ2n) is 8.24.